The van der Waals surface area contributed by atoms with Gasteiger partial charge in [-0.2, -0.15) is 0 Å². The van der Waals surface area contributed by atoms with Crippen molar-refractivity contribution < 1.29 is 14.2 Å². The van der Waals surface area contributed by atoms with E-state index in [0.29, 0.717) is 17.8 Å². The molecule has 0 aliphatic carbocycles. The Bertz CT molecular complexity index is 394. The minimum absolute atomic E-state index is 0.140. The summed E-state index contributed by atoms with van der Waals surface area (Å²) in [7, 11) is -3.46. The second-order valence-electron chi connectivity index (χ2n) is 4.78. The van der Waals surface area contributed by atoms with Crippen LogP contribution in [-0.2, 0) is 9.30 Å². The van der Waals surface area contributed by atoms with Crippen molar-refractivity contribution in [1.29, 1.82) is 0 Å². The second-order valence-corrected chi connectivity index (χ2v) is 7.27. The summed E-state index contributed by atoms with van der Waals surface area (Å²) in [5.41, 5.74) is 5.06. The summed E-state index contributed by atoms with van der Waals surface area (Å²) < 4.78 is 17.9. The molecule has 2 atom stereocenters. The minimum Gasteiger partial charge on any atom is -0.380 e. The van der Waals surface area contributed by atoms with E-state index in [4.69, 9.17) is 10.5 Å². The van der Waals surface area contributed by atoms with Crippen LogP contribution in [0.2, 0.25) is 0 Å². The van der Waals surface area contributed by atoms with Crippen molar-refractivity contribution in [3.63, 3.8) is 0 Å². The van der Waals surface area contributed by atoms with Gasteiger partial charge in [0.15, 0.2) is 0 Å². The summed E-state index contributed by atoms with van der Waals surface area (Å²) in [6.07, 6.45) is 0. The van der Waals surface area contributed by atoms with Gasteiger partial charge in [0.25, 0.3) is 0 Å². The van der Waals surface area contributed by atoms with Gasteiger partial charge < -0.3 is 15.4 Å². The summed E-state index contributed by atoms with van der Waals surface area (Å²) in [5.74, 6) is 0.401. The van der Waals surface area contributed by atoms with Gasteiger partial charge in [-0.15, -0.1) is 0 Å². The molecular formula is C13H22NO3P. The Morgan fingerprint density at radius 1 is 1.28 bits per heavy atom. The Morgan fingerprint density at radius 2 is 1.89 bits per heavy atom. The SMILES string of the molecule is CC(C)COCC(CN)P(=O)(O)c1ccccc1. The van der Waals surface area contributed by atoms with E-state index in [1.54, 1.807) is 24.3 Å². The van der Waals surface area contributed by atoms with Crippen molar-refractivity contribution in [1.82, 2.24) is 0 Å². The van der Waals surface area contributed by atoms with Crippen LogP contribution in [0.1, 0.15) is 13.8 Å². The lowest BCUT2D eigenvalue weighted by Crippen LogP contribution is -2.30. The van der Waals surface area contributed by atoms with E-state index < -0.39 is 13.0 Å². The first-order valence-corrected chi connectivity index (χ1v) is 7.87. The van der Waals surface area contributed by atoms with E-state index in [9.17, 15) is 9.46 Å². The summed E-state index contributed by atoms with van der Waals surface area (Å²) in [6.45, 7) is 5.00. The van der Waals surface area contributed by atoms with Crippen molar-refractivity contribution >= 4 is 12.7 Å². The second kappa shape index (κ2) is 7.05. The molecule has 1 rings (SSSR count). The molecule has 2 unspecified atom stereocenters. The normalized spacial score (nSPS) is 16.5. The first-order valence-electron chi connectivity index (χ1n) is 6.14. The van der Waals surface area contributed by atoms with Crippen LogP contribution in [0.3, 0.4) is 0 Å². The van der Waals surface area contributed by atoms with E-state index in [2.05, 4.69) is 0 Å². The summed E-state index contributed by atoms with van der Waals surface area (Å²) in [6, 6.07) is 8.63. The lowest BCUT2D eigenvalue weighted by atomic mass is 10.2. The lowest BCUT2D eigenvalue weighted by molar-refractivity contribution is 0.109. The number of nitrogens with two attached hydrogens (primary N) is 1. The minimum atomic E-state index is -3.46. The molecule has 18 heavy (non-hydrogen) atoms. The van der Waals surface area contributed by atoms with Crippen LogP contribution in [0.15, 0.2) is 30.3 Å². The zero-order chi connectivity index (χ0) is 13.6. The predicted octanol–water partition coefficient (Wildman–Crippen LogP) is 1.58. The van der Waals surface area contributed by atoms with Crippen molar-refractivity contribution in [2.45, 2.75) is 19.5 Å². The summed E-state index contributed by atoms with van der Waals surface area (Å²) >= 11 is 0. The van der Waals surface area contributed by atoms with Gasteiger partial charge in [0.1, 0.15) is 0 Å². The summed E-state index contributed by atoms with van der Waals surface area (Å²) in [4.78, 5) is 10.2. The van der Waals surface area contributed by atoms with Gasteiger partial charge in [-0.1, -0.05) is 32.0 Å². The fourth-order valence-electron chi connectivity index (χ4n) is 1.60. The van der Waals surface area contributed by atoms with Crippen LogP contribution < -0.4 is 11.0 Å². The van der Waals surface area contributed by atoms with Crippen LogP contribution in [-0.4, -0.2) is 30.3 Å². The third-order valence-electron chi connectivity index (χ3n) is 2.65. The number of hydrogen-bond acceptors (Lipinski definition) is 3. The van der Waals surface area contributed by atoms with Gasteiger partial charge in [-0.3, -0.25) is 4.57 Å². The highest BCUT2D eigenvalue weighted by atomic mass is 31.2. The zero-order valence-electron chi connectivity index (χ0n) is 11.0. The standard InChI is InChI=1S/C13H22NO3P/c1-11(2)9-17-10-13(8-14)18(15,16)12-6-4-3-5-7-12/h3-7,11,13H,8-10,14H2,1-2H3,(H,15,16). The molecule has 0 saturated heterocycles. The Labute approximate surface area is 109 Å². The third kappa shape index (κ3) is 4.21. The third-order valence-corrected chi connectivity index (χ3v) is 5.04. The topological polar surface area (TPSA) is 72.5 Å². The number of rotatable bonds is 7. The van der Waals surface area contributed by atoms with E-state index >= 15 is 0 Å². The molecule has 0 radical (unpaired) electrons. The molecule has 0 aliphatic heterocycles. The van der Waals surface area contributed by atoms with E-state index in [1.807, 2.05) is 19.9 Å². The molecule has 1 aromatic carbocycles. The Kier molecular flexibility index (Phi) is 6.03. The van der Waals surface area contributed by atoms with Gasteiger partial charge in [-0.05, 0) is 18.1 Å². The quantitative estimate of drug-likeness (QED) is 0.739. The molecule has 0 fully saturated rings. The van der Waals surface area contributed by atoms with Crippen molar-refractivity contribution in [3.05, 3.63) is 30.3 Å². The van der Waals surface area contributed by atoms with E-state index in [0.717, 1.165) is 0 Å². The number of ether oxygens (including phenoxy) is 1. The van der Waals surface area contributed by atoms with Gasteiger partial charge in [0.2, 0.25) is 7.37 Å². The average Bonchev–Trinajstić information content (AvgIpc) is 2.35. The van der Waals surface area contributed by atoms with Crippen molar-refractivity contribution in [2.24, 2.45) is 11.7 Å². The lowest BCUT2D eigenvalue weighted by Gasteiger charge is -2.22. The fourth-order valence-corrected chi connectivity index (χ4v) is 3.22. The van der Waals surface area contributed by atoms with Crippen molar-refractivity contribution in [2.75, 3.05) is 19.8 Å². The fraction of sp³-hybridized carbons (Fsp3) is 0.538. The molecule has 4 nitrogen and oxygen atoms in total. The smallest absolute Gasteiger partial charge is 0.236 e. The van der Waals surface area contributed by atoms with Crippen LogP contribution in [0, 0.1) is 5.92 Å². The zero-order valence-corrected chi connectivity index (χ0v) is 11.8. The van der Waals surface area contributed by atoms with Gasteiger partial charge in [0.05, 0.1) is 12.3 Å². The van der Waals surface area contributed by atoms with Crippen LogP contribution in [0.5, 0.6) is 0 Å². The van der Waals surface area contributed by atoms with E-state index in [1.165, 1.54) is 0 Å². The molecule has 5 heteroatoms. The molecule has 0 aliphatic rings. The van der Waals surface area contributed by atoms with Gasteiger partial charge in [0, 0.05) is 18.5 Å². The predicted molar refractivity (Wildman–Crippen MR) is 74.4 cm³/mol. The highest BCUT2D eigenvalue weighted by molar-refractivity contribution is 7.66. The summed E-state index contributed by atoms with van der Waals surface area (Å²) in [5, 5.41) is 0.439. The van der Waals surface area contributed by atoms with Gasteiger partial charge >= 0.3 is 0 Å². The van der Waals surface area contributed by atoms with Crippen LogP contribution in [0.25, 0.3) is 0 Å². The molecular weight excluding hydrogens is 249 g/mol. The molecule has 0 bridgehead atoms. The van der Waals surface area contributed by atoms with Gasteiger partial charge in [-0.25, -0.2) is 0 Å². The Hall–Kier alpha value is -0.670. The van der Waals surface area contributed by atoms with Crippen LogP contribution >= 0.6 is 7.37 Å². The highest BCUT2D eigenvalue weighted by Crippen LogP contribution is 2.44. The average molecular weight is 271 g/mol. The Morgan fingerprint density at radius 3 is 2.39 bits per heavy atom. The number of benzene rings is 1. The molecule has 0 saturated carbocycles. The van der Waals surface area contributed by atoms with E-state index in [-0.39, 0.29) is 13.2 Å². The molecule has 1 aromatic rings. The highest BCUT2D eigenvalue weighted by Gasteiger charge is 2.31. The maximum Gasteiger partial charge on any atom is 0.236 e. The first-order chi connectivity index (χ1) is 8.48. The molecule has 0 heterocycles. The maximum atomic E-state index is 12.4. The largest absolute Gasteiger partial charge is 0.380 e. The van der Waals surface area contributed by atoms with Crippen molar-refractivity contribution in [3.8, 4) is 0 Å². The molecule has 102 valence electrons. The molecule has 3 N–H and O–H groups in total. The molecule has 0 amide bonds. The number of hydrogen-bond donors (Lipinski definition) is 2. The molecule has 0 aromatic heterocycles. The first kappa shape index (κ1) is 15.4. The maximum absolute atomic E-state index is 12.4. The van der Waals surface area contributed by atoms with Crippen LogP contribution in [0.4, 0.5) is 0 Å². The Balaban J connectivity index is 2.71. The molecule has 0 spiro atoms. The monoisotopic (exact) mass is 271 g/mol.